The molecule has 1 N–H and O–H groups in total. The number of benzene rings is 1. The molecule has 1 aromatic carbocycles. The first-order chi connectivity index (χ1) is 9.33. The van der Waals surface area contributed by atoms with Crippen molar-refractivity contribution in [2.75, 3.05) is 13.8 Å². The Morgan fingerprint density at radius 1 is 1.37 bits per heavy atom. The number of nitrogens with zero attached hydrogens (tertiary/aromatic N) is 2. The van der Waals surface area contributed by atoms with E-state index in [4.69, 9.17) is 9.47 Å². The minimum Gasteiger partial charge on any atom is -0.454 e. The lowest BCUT2D eigenvalue weighted by Crippen LogP contribution is -2.21. The van der Waals surface area contributed by atoms with Crippen LogP contribution in [0.1, 0.15) is 24.4 Å². The number of imidazole rings is 1. The van der Waals surface area contributed by atoms with Crippen LogP contribution >= 0.6 is 0 Å². The second kappa shape index (κ2) is 4.93. The second-order valence-electron chi connectivity index (χ2n) is 4.41. The summed E-state index contributed by atoms with van der Waals surface area (Å²) < 4.78 is 12.9. The number of nitrogens with one attached hydrogen (secondary N) is 1. The second-order valence-corrected chi connectivity index (χ2v) is 4.41. The maximum atomic E-state index is 5.43. The highest BCUT2D eigenvalue weighted by atomic mass is 16.7. The average molecular weight is 259 g/mol. The van der Waals surface area contributed by atoms with Crippen LogP contribution in [0.3, 0.4) is 0 Å². The zero-order chi connectivity index (χ0) is 13.2. The first-order valence-electron chi connectivity index (χ1n) is 6.41. The third-order valence-electron chi connectivity index (χ3n) is 3.37. The van der Waals surface area contributed by atoms with Crippen molar-refractivity contribution in [2.24, 2.45) is 0 Å². The molecule has 0 radical (unpaired) electrons. The van der Waals surface area contributed by atoms with Crippen LogP contribution in [0.5, 0.6) is 11.5 Å². The molecule has 1 unspecified atom stereocenters. The Morgan fingerprint density at radius 2 is 2.21 bits per heavy atom. The Morgan fingerprint density at radius 3 is 3.00 bits per heavy atom. The lowest BCUT2D eigenvalue weighted by Gasteiger charge is -2.17. The summed E-state index contributed by atoms with van der Waals surface area (Å²) in [6.07, 6.45) is 3.82. The molecular formula is C14H17N3O2. The molecule has 0 fully saturated rings. The molecule has 1 aliphatic heterocycles. The van der Waals surface area contributed by atoms with Gasteiger partial charge in [-0.25, -0.2) is 4.98 Å². The van der Waals surface area contributed by atoms with Gasteiger partial charge in [0, 0.05) is 18.9 Å². The van der Waals surface area contributed by atoms with Gasteiger partial charge >= 0.3 is 0 Å². The van der Waals surface area contributed by atoms with Crippen molar-refractivity contribution in [1.29, 1.82) is 0 Å². The smallest absolute Gasteiger partial charge is 0.231 e. The number of rotatable bonds is 4. The molecule has 1 aromatic heterocycles. The van der Waals surface area contributed by atoms with Crippen LogP contribution in [0, 0.1) is 0 Å². The van der Waals surface area contributed by atoms with E-state index in [1.165, 1.54) is 0 Å². The van der Waals surface area contributed by atoms with E-state index < -0.39 is 0 Å². The lowest BCUT2D eigenvalue weighted by molar-refractivity contribution is 0.174. The van der Waals surface area contributed by atoms with E-state index in [0.717, 1.165) is 29.4 Å². The first kappa shape index (κ1) is 12.0. The number of ether oxygens (including phenoxy) is 2. The third-order valence-corrected chi connectivity index (χ3v) is 3.37. The number of fused-ring (bicyclic) bond motifs is 1. The lowest BCUT2D eigenvalue weighted by atomic mass is 10.1. The van der Waals surface area contributed by atoms with Crippen molar-refractivity contribution >= 4 is 0 Å². The van der Waals surface area contributed by atoms with Crippen LogP contribution < -0.4 is 14.8 Å². The SMILES string of the molecule is CCn1ccnc1C(NC)c1ccc2c(c1)OCO2. The molecule has 0 aliphatic carbocycles. The molecule has 0 spiro atoms. The quantitative estimate of drug-likeness (QED) is 0.911. The normalized spacial score (nSPS) is 14.6. The topological polar surface area (TPSA) is 48.3 Å². The first-order valence-corrected chi connectivity index (χ1v) is 6.41. The Hall–Kier alpha value is -2.01. The minimum atomic E-state index is 0.0458. The highest BCUT2D eigenvalue weighted by Crippen LogP contribution is 2.35. The van der Waals surface area contributed by atoms with Gasteiger partial charge in [0.15, 0.2) is 11.5 Å². The summed E-state index contributed by atoms with van der Waals surface area (Å²) in [5.74, 6) is 2.61. The predicted molar refractivity (Wildman–Crippen MR) is 71.4 cm³/mol. The van der Waals surface area contributed by atoms with Crippen molar-refractivity contribution in [2.45, 2.75) is 19.5 Å². The van der Waals surface area contributed by atoms with Crippen molar-refractivity contribution < 1.29 is 9.47 Å². The van der Waals surface area contributed by atoms with Crippen LogP contribution in [-0.4, -0.2) is 23.4 Å². The number of hydrogen-bond acceptors (Lipinski definition) is 4. The fourth-order valence-corrected chi connectivity index (χ4v) is 2.39. The monoisotopic (exact) mass is 259 g/mol. The molecule has 0 amide bonds. The Labute approximate surface area is 112 Å². The summed E-state index contributed by atoms with van der Waals surface area (Å²) in [5, 5.41) is 3.31. The highest BCUT2D eigenvalue weighted by Gasteiger charge is 2.20. The predicted octanol–water partition coefficient (Wildman–Crippen LogP) is 1.94. The Bertz CT molecular complexity index is 580. The summed E-state index contributed by atoms with van der Waals surface area (Å²) in [6.45, 7) is 3.31. The van der Waals surface area contributed by atoms with Crippen molar-refractivity contribution in [3.8, 4) is 11.5 Å². The molecule has 3 rings (SSSR count). The maximum absolute atomic E-state index is 5.43. The average Bonchev–Trinajstić information content (AvgIpc) is 3.07. The molecule has 0 saturated heterocycles. The Balaban J connectivity index is 1.98. The van der Waals surface area contributed by atoms with Crippen LogP contribution in [-0.2, 0) is 6.54 Å². The molecule has 2 aromatic rings. The van der Waals surface area contributed by atoms with Gasteiger partial charge in [-0.15, -0.1) is 0 Å². The van der Waals surface area contributed by atoms with Crippen LogP contribution in [0.4, 0.5) is 0 Å². The zero-order valence-corrected chi connectivity index (χ0v) is 11.1. The standard InChI is InChI=1S/C14H17N3O2/c1-3-17-7-6-16-14(17)13(15-2)10-4-5-11-12(8-10)19-9-18-11/h4-8,13,15H,3,9H2,1-2H3. The van der Waals surface area contributed by atoms with E-state index in [1.54, 1.807) is 0 Å². The number of hydrogen-bond donors (Lipinski definition) is 1. The van der Waals surface area contributed by atoms with E-state index in [2.05, 4.69) is 21.8 Å². The molecule has 1 aliphatic rings. The number of aryl methyl sites for hydroxylation is 1. The van der Waals surface area contributed by atoms with Crippen molar-refractivity contribution in [3.05, 3.63) is 42.0 Å². The fraction of sp³-hybridized carbons (Fsp3) is 0.357. The third kappa shape index (κ3) is 2.06. The molecule has 5 nitrogen and oxygen atoms in total. The van der Waals surface area contributed by atoms with Gasteiger partial charge in [0.05, 0.1) is 6.04 Å². The summed E-state index contributed by atoms with van der Waals surface area (Å²) >= 11 is 0. The number of aromatic nitrogens is 2. The molecule has 100 valence electrons. The summed E-state index contributed by atoms with van der Waals surface area (Å²) in [6, 6.07) is 6.05. The fourth-order valence-electron chi connectivity index (χ4n) is 2.39. The summed E-state index contributed by atoms with van der Waals surface area (Å²) in [5.41, 5.74) is 1.12. The summed E-state index contributed by atoms with van der Waals surface area (Å²) in [7, 11) is 1.93. The van der Waals surface area contributed by atoms with Crippen molar-refractivity contribution in [1.82, 2.24) is 14.9 Å². The highest BCUT2D eigenvalue weighted by molar-refractivity contribution is 5.46. The Kier molecular flexibility index (Phi) is 3.13. The van der Waals surface area contributed by atoms with Gasteiger partial charge in [-0.1, -0.05) is 6.07 Å². The van der Waals surface area contributed by atoms with Crippen LogP contribution in [0.15, 0.2) is 30.6 Å². The molecule has 0 saturated carbocycles. The van der Waals surface area contributed by atoms with Gasteiger partial charge in [-0.3, -0.25) is 0 Å². The van der Waals surface area contributed by atoms with Gasteiger partial charge in [-0.2, -0.15) is 0 Å². The van der Waals surface area contributed by atoms with E-state index in [1.807, 2.05) is 37.6 Å². The van der Waals surface area contributed by atoms with Gasteiger partial charge in [0.25, 0.3) is 0 Å². The van der Waals surface area contributed by atoms with E-state index in [0.29, 0.717) is 6.79 Å². The van der Waals surface area contributed by atoms with Crippen LogP contribution in [0.25, 0.3) is 0 Å². The molecule has 2 heterocycles. The minimum absolute atomic E-state index is 0.0458. The van der Waals surface area contributed by atoms with Gasteiger partial charge < -0.3 is 19.4 Å². The zero-order valence-electron chi connectivity index (χ0n) is 11.1. The van der Waals surface area contributed by atoms with Gasteiger partial charge in [0.2, 0.25) is 6.79 Å². The largest absolute Gasteiger partial charge is 0.454 e. The van der Waals surface area contributed by atoms with E-state index in [9.17, 15) is 0 Å². The molecule has 0 bridgehead atoms. The molecular weight excluding hydrogens is 242 g/mol. The van der Waals surface area contributed by atoms with Gasteiger partial charge in [-0.05, 0) is 31.7 Å². The summed E-state index contributed by atoms with van der Waals surface area (Å²) in [4.78, 5) is 4.46. The molecule has 1 atom stereocenters. The van der Waals surface area contributed by atoms with E-state index >= 15 is 0 Å². The molecule has 19 heavy (non-hydrogen) atoms. The maximum Gasteiger partial charge on any atom is 0.231 e. The van der Waals surface area contributed by atoms with Crippen molar-refractivity contribution in [3.63, 3.8) is 0 Å². The van der Waals surface area contributed by atoms with E-state index in [-0.39, 0.29) is 6.04 Å². The van der Waals surface area contributed by atoms with Crippen LogP contribution in [0.2, 0.25) is 0 Å². The van der Waals surface area contributed by atoms with Gasteiger partial charge in [0.1, 0.15) is 5.82 Å². The molecule has 5 heteroatoms.